The predicted octanol–water partition coefficient (Wildman–Crippen LogP) is 1.07. The van der Waals surface area contributed by atoms with Gasteiger partial charge in [-0.15, -0.1) is 0 Å². The Hall–Kier alpha value is -1.57. The van der Waals surface area contributed by atoms with Crippen LogP contribution in [0, 0.1) is 15.9 Å². The SMILES string of the molecule is O=[N+]([O-])c1cccc(CNN2CCOCC2)c1F. The van der Waals surface area contributed by atoms with Crippen LogP contribution in [0.4, 0.5) is 10.1 Å². The van der Waals surface area contributed by atoms with Crippen molar-refractivity contribution in [1.29, 1.82) is 0 Å². The van der Waals surface area contributed by atoms with Crippen LogP contribution in [-0.4, -0.2) is 36.2 Å². The van der Waals surface area contributed by atoms with Gasteiger partial charge in [-0.05, 0) is 0 Å². The van der Waals surface area contributed by atoms with Gasteiger partial charge in [-0.1, -0.05) is 12.1 Å². The molecule has 1 N–H and O–H groups in total. The third kappa shape index (κ3) is 3.00. The lowest BCUT2D eigenvalue weighted by Gasteiger charge is -2.27. The second-order valence-electron chi connectivity index (χ2n) is 3.94. The monoisotopic (exact) mass is 255 g/mol. The fourth-order valence-electron chi connectivity index (χ4n) is 1.76. The molecule has 98 valence electrons. The van der Waals surface area contributed by atoms with E-state index >= 15 is 0 Å². The molecule has 0 radical (unpaired) electrons. The summed E-state index contributed by atoms with van der Waals surface area (Å²) in [5.41, 5.74) is 2.83. The first-order valence-corrected chi connectivity index (χ1v) is 5.66. The van der Waals surface area contributed by atoms with Gasteiger partial charge in [-0.3, -0.25) is 15.5 Å². The van der Waals surface area contributed by atoms with Crippen LogP contribution in [0.15, 0.2) is 18.2 Å². The van der Waals surface area contributed by atoms with Crippen molar-refractivity contribution in [1.82, 2.24) is 10.4 Å². The summed E-state index contributed by atoms with van der Waals surface area (Å²) in [6, 6.07) is 4.18. The van der Waals surface area contributed by atoms with Gasteiger partial charge in [-0.2, -0.15) is 4.39 Å². The Morgan fingerprint density at radius 1 is 1.44 bits per heavy atom. The van der Waals surface area contributed by atoms with Crippen molar-refractivity contribution in [3.63, 3.8) is 0 Å². The second kappa shape index (κ2) is 5.85. The average molecular weight is 255 g/mol. The van der Waals surface area contributed by atoms with Crippen LogP contribution in [-0.2, 0) is 11.3 Å². The van der Waals surface area contributed by atoms with Crippen molar-refractivity contribution < 1.29 is 14.1 Å². The number of benzene rings is 1. The summed E-state index contributed by atoms with van der Waals surface area (Å²) in [5.74, 6) is -0.775. The average Bonchev–Trinajstić information content (AvgIpc) is 2.38. The molecule has 7 heteroatoms. The lowest BCUT2D eigenvalue weighted by molar-refractivity contribution is -0.387. The fourth-order valence-corrected chi connectivity index (χ4v) is 1.76. The van der Waals surface area contributed by atoms with Crippen LogP contribution in [0.5, 0.6) is 0 Å². The molecule has 1 aromatic carbocycles. The minimum absolute atomic E-state index is 0.230. The zero-order valence-electron chi connectivity index (χ0n) is 9.76. The predicted molar refractivity (Wildman–Crippen MR) is 62.3 cm³/mol. The molecule has 1 aliphatic heterocycles. The first-order chi connectivity index (χ1) is 8.68. The normalized spacial score (nSPS) is 16.7. The number of hydrogen-bond acceptors (Lipinski definition) is 5. The van der Waals surface area contributed by atoms with E-state index in [1.165, 1.54) is 12.1 Å². The summed E-state index contributed by atoms with van der Waals surface area (Å²) in [7, 11) is 0. The molecule has 1 heterocycles. The van der Waals surface area contributed by atoms with Gasteiger partial charge in [0.15, 0.2) is 0 Å². The molecule has 2 rings (SSSR count). The van der Waals surface area contributed by atoms with Crippen molar-refractivity contribution in [3.05, 3.63) is 39.7 Å². The molecule has 0 amide bonds. The van der Waals surface area contributed by atoms with Crippen molar-refractivity contribution in [3.8, 4) is 0 Å². The van der Waals surface area contributed by atoms with E-state index in [9.17, 15) is 14.5 Å². The maximum Gasteiger partial charge on any atom is 0.305 e. The standard InChI is InChI=1S/C11H14FN3O3/c12-11-9(2-1-3-10(11)15(16)17)8-13-14-4-6-18-7-5-14/h1-3,13H,4-8H2. The minimum Gasteiger partial charge on any atom is -0.379 e. The third-order valence-electron chi connectivity index (χ3n) is 2.76. The molecule has 1 aromatic rings. The Labute approximate surface area is 103 Å². The van der Waals surface area contributed by atoms with Crippen molar-refractivity contribution >= 4 is 5.69 Å². The Morgan fingerprint density at radius 2 is 2.17 bits per heavy atom. The van der Waals surface area contributed by atoms with Crippen molar-refractivity contribution in [2.24, 2.45) is 0 Å². The lowest BCUT2D eigenvalue weighted by atomic mass is 10.2. The van der Waals surface area contributed by atoms with Crippen molar-refractivity contribution in [2.75, 3.05) is 26.3 Å². The third-order valence-corrected chi connectivity index (χ3v) is 2.76. The molecule has 18 heavy (non-hydrogen) atoms. The molecule has 6 nitrogen and oxygen atoms in total. The second-order valence-corrected chi connectivity index (χ2v) is 3.94. The molecular weight excluding hydrogens is 241 g/mol. The molecule has 0 bridgehead atoms. The van der Waals surface area contributed by atoms with Crippen LogP contribution < -0.4 is 5.43 Å². The maximum atomic E-state index is 13.8. The molecule has 1 saturated heterocycles. The van der Waals surface area contributed by atoms with Gasteiger partial charge < -0.3 is 4.74 Å². The molecule has 0 spiro atoms. The molecule has 1 aliphatic rings. The summed E-state index contributed by atoms with van der Waals surface area (Å²) < 4.78 is 18.9. The number of hydrogen-bond donors (Lipinski definition) is 1. The number of nitrogens with zero attached hydrogens (tertiary/aromatic N) is 2. The van der Waals surface area contributed by atoms with Gasteiger partial charge in [-0.25, -0.2) is 5.01 Å². The van der Waals surface area contributed by atoms with Crippen molar-refractivity contribution in [2.45, 2.75) is 6.54 Å². The number of hydrazine groups is 1. The van der Waals surface area contributed by atoms with E-state index in [4.69, 9.17) is 4.74 Å². The summed E-state index contributed by atoms with van der Waals surface area (Å²) in [6.45, 7) is 2.93. The Morgan fingerprint density at radius 3 is 2.83 bits per heavy atom. The molecular formula is C11H14FN3O3. The van der Waals surface area contributed by atoms with Gasteiger partial charge in [0, 0.05) is 31.3 Å². The van der Waals surface area contributed by atoms with E-state index in [-0.39, 0.29) is 12.1 Å². The highest BCUT2D eigenvalue weighted by Gasteiger charge is 2.17. The molecule has 0 aromatic heterocycles. The number of halogens is 1. The first kappa shape index (κ1) is 12.9. The van der Waals surface area contributed by atoms with E-state index in [0.29, 0.717) is 13.2 Å². The Bertz CT molecular complexity index is 436. The Balaban J connectivity index is 2.00. The summed E-state index contributed by atoms with van der Waals surface area (Å²) in [4.78, 5) is 9.88. The number of ether oxygens (including phenoxy) is 1. The number of nitro benzene ring substituents is 1. The fraction of sp³-hybridized carbons (Fsp3) is 0.455. The van der Waals surface area contributed by atoms with Gasteiger partial charge in [0.25, 0.3) is 0 Å². The largest absolute Gasteiger partial charge is 0.379 e. The zero-order valence-corrected chi connectivity index (χ0v) is 9.76. The van der Waals surface area contributed by atoms with E-state index in [0.717, 1.165) is 19.2 Å². The van der Waals surface area contributed by atoms with E-state index < -0.39 is 16.4 Å². The topological polar surface area (TPSA) is 67.6 Å². The minimum atomic E-state index is -0.775. The van der Waals surface area contributed by atoms with Gasteiger partial charge in [0.2, 0.25) is 5.82 Å². The van der Waals surface area contributed by atoms with E-state index in [1.807, 2.05) is 5.01 Å². The number of rotatable bonds is 4. The summed E-state index contributed by atoms with van der Waals surface area (Å²) in [5, 5.41) is 12.5. The smallest absolute Gasteiger partial charge is 0.305 e. The van der Waals surface area contributed by atoms with Gasteiger partial charge in [0.1, 0.15) is 0 Å². The highest BCUT2D eigenvalue weighted by atomic mass is 19.1. The van der Waals surface area contributed by atoms with Crippen LogP contribution in [0.3, 0.4) is 0 Å². The number of nitro groups is 1. The maximum absolute atomic E-state index is 13.8. The highest BCUT2D eigenvalue weighted by Crippen LogP contribution is 2.19. The number of morpholine rings is 1. The first-order valence-electron chi connectivity index (χ1n) is 5.66. The molecule has 1 fully saturated rings. The van der Waals surface area contributed by atoms with E-state index in [1.54, 1.807) is 0 Å². The van der Waals surface area contributed by atoms with Gasteiger partial charge in [0.05, 0.1) is 18.1 Å². The number of nitrogens with one attached hydrogen (secondary N) is 1. The van der Waals surface area contributed by atoms with Crippen LogP contribution in [0.2, 0.25) is 0 Å². The Kier molecular flexibility index (Phi) is 4.19. The lowest BCUT2D eigenvalue weighted by Crippen LogP contribution is -2.45. The van der Waals surface area contributed by atoms with Crippen LogP contribution >= 0.6 is 0 Å². The highest BCUT2D eigenvalue weighted by molar-refractivity contribution is 5.36. The quantitative estimate of drug-likeness (QED) is 0.644. The molecule has 0 atom stereocenters. The molecule has 0 saturated carbocycles. The van der Waals surface area contributed by atoms with Gasteiger partial charge >= 0.3 is 5.69 Å². The van der Waals surface area contributed by atoms with E-state index in [2.05, 4.69) is 5.43 Å². The summed E-state index contributed by atoms with van der Waals surface area (Å²) >= 11 is 0. The zero-order chi connectivity index (χ0) is 13.0. The summed E-state index contributed by atoms with van der Waals surface area (Å²) in [6.07, 6.45) is 0. The molecule has 0 unspecified atom stereocenters. The van der Waals surface area contributed by atoms with Crippen LogP contribution in [0.1, 0.15) is 5.56 Å². The molecule has 0 aliphatic carbocycles. The van der Waals surface area contributed by atoms with Crippen LogP contribution in [0.25, 0.3) is 0 Å².